The summed E-state index contributed by atoms with van der Waals surface area (Å²) in [6.07, 6.45) is 1.59. The van der Waals surface area contributed by atoms with Gasteiger partial charge in [0.1, 0.15) is 0 Å². The number of pyridine rings is 1. The molecule has 0 spiro atoms. The molecule has 0 saturated carbocycles. The maximum absolute atomic E-state index is 12.2. The van der Waals surface area contributed by atoms with Gasteiger partial charge in [0.05, 0.1) is 10.9 Å². The number of carbonyl (C=O) groups excluding carboxylic acids is 1. The molecule has 1 amide bonds. The number of hydrogen-bond acceptors (Lipinski definition) is 3. The smallest absolute Gasteiger partial charge is 0.237 e. The SMILES string of the molecule is Cc1ccc(SC(C)C(=O)Nc2cccnc2Cl)c(C)c1. The molecule has 21 heavy (non-hydrogen) atoms. The van der Waals surface area contributed by atoms with Crippen molar-refractivity contribution < 1.29 is 4.79 Å². The first-order valence-corrected chi connectivity index (χ1v) is 7.88. The van der Waals surface area contributed by atoms with Crippen LogP contribution in [0, 0.1) is 13.8 Å². The largest absolute Gasteiger partial charge is 0.322 e. The van der Waals surface area contributed by atoms with E-state index in [1.54, 1.807) is 18.3 Å². The summed E-state index contributed by atoms with van der Waals surface area (Å²) in [5, 5.41) is 2.89. The zero-order chi connectivity index (χ0) is 15.4. The van der Waals surface area contributed by atoms with Crippen LogP contribution in [0.4, 0.5) is 5.69 Å². The first kappa shape index (κ1) is 15.9. The van der Waals surface area contributed by atoms with E-state index in [4.69, 9.17) is 11.6 Å². The van der Waals surface area contributed by atoms with Crippen LogP contribution < -0.4 is 5.32 Å². The Bertz CT molecular complexity index is 660. The molecule has 0 aliphatic carbocycles. The Balaban J connectivity index is 2.04. The number of rotatable bonds is 4. The van der Waals surface area contributed by atoms with E-state index in [1.165, 1.54) is 22.9 Å². The monoisotopic (exact) mass is 320 g/mol. The van der Waals surface area contributed by atoms with Gasteiger partial charge in [0, 0.05) is 11.1 Å². The van der Waals surface area contributed by atoms with Crippen molar-refractivity contribution in [3.8, 4) is 0 Å². The number of halogens is 1. The molecule has 1 aromatic heterocycles. The van der Waals surface area contributed by atoms with E-state index < -0.39 is 0 Å². The molecule has 0 saturated heterocycles. The van der Waals surface area contributed by atoms with Gasteiger partial charge in [0.25, 0.3) is 0 Å². The van der Waals surface area contributed by atoms with Crippen LogP contribution in [0.2, 0.25) is 5.15 Å². The van der Waals surface area contributed by atoms with Crippen molar-refractivity contribution in [2.75, 3.05) is 5.32 Å². The van der Waals surface area contributed by atoms with Crippen LogP contribution in [0.25, 0.3) is 0 Å². The fourth-order valence-electron chi connectivity index (χ4n) is 1.89. The highest BCUT2D eigenvalue weighted by atomic mass is 35.5. The molecule has 110 valence electrons. The van der Waals surface area contributed by atoms with Gasteiger partial charge in [0.15, 0.2) is 5.15 Å². The lowest BCUT2D eigenvalue weighted by Crippen LogP contribution is -2.22. The number of amides is 1. The van der Waals surface area contributed by atoms with Gasteiger partial charge >= 0.3 is 0 Å². The summed E-state index contributed by atoms with van der Waals surface area (Å²) in [5.74, 6) is -0.0881. The highest BCUT2D eigenvalue weighted by Gasteiger charge is 2.16. The van der Waals surface area contributed by atoms with Crippen LogP contribution in [-0.2, 0) is 4.79 Å². The maximum Gasteiger partial charge on any atom is 0.237 e. The molecule has 0 bridgehead atoms. The third-order valence-corrected chi connectivity index (χ3v) is 4.60. The second-order valence-corrected chi connectivity index (χ2v) is 6.60. The minimum atomic E-state index is -0.220. The number of aryl methyl sites for hydroxylation is 2. The molecule has 1 unspecified atom stereocenters. The number of benzene rings is 1. The molecule has 1 N–H and O–H groups in total. The highest BCUT2D eigenvalue weighted by molar-refractivity contribution is 8.00. The van der Waals surface area contributed by atoms with Crippen LogP contribution >= 0.6 is 23.4 Å². The molecule has 5 heteroatoms. The zero-order valence-electron chi connectivity index (χ0n) is 12.2. The highest BCUT2D eigenvalue weighted by Crippen LogP contribution is 2.28. The van der Waals surface area contributed by atoms with Crippen LogP contribution in [-0.4, -0.2) is 16.1 Å². The van der Waals surface area contributed by atoms with Crippen molar-refractivity contribution in [2.45, 2.75) is 30.9 Å². The van der Waals surface area contributed by atoms with Crippen LogP contribution in [0.3, 0.4) is 0 Å². The van der Waals surface area contributed by atoms with Crippen molar-refractivity contribution in [1.82, 2.24) is 4.98 Å². The predicted molar refractivity (Wildman–Crippen MR) is 89.1 cm³/mol. The molecular weight excluding hydrogens is 304 g/mol. The summed E-state index contributed by atoms with van der Waals surface area (Å²) in [6.45, 7) is 5.99. The molecule has 0 fully saturated rings. The Hall–Kier alpha value is -1.52. The number of carbonyl (C=O) groups is 1. The van der Waals surface area contributed by atoms with Gasteiger partial charge in [-0.3, -0.25) is 4.79 Å². The van der Waals surface area contributed by atoms with Crippen molar-refractivity contribution in [1.29, 1.82) is 0 Å². The fourth-order valence-corrected chi connectivity index (χ4v) is 2.99. The van der Waals surface area contributed by atoms with Crippen molar-refractivity contribution in [3.05, 3.63) is 52.8 Å². The van der Waals surface area contributed by atoms with Crippen LogP contribution in [0.1, 0.15) is 18.1 Å². The maximum atomic E-state index is 12.2. The molecule has 2 rings (SSSR count). The van der Waals surface area contributed by atoms with Gasteiger partial charge in [-0.25, -0.2) is 4.98 Å². The average Bonchev–Trinajstić information content (AvgIpc) is 2.44. The number of aromatic nitrogens is 1. The summed E-state index contributed by atoms with van der Waals surface area (Å²) in [7, 11) is 0. The summed E-state index contributed by atoms with van der Waals surface area (Å²) < 4.78 is 0. The summed E-state index contributed by atoms with van der Waals surface area (Å²) in [5.41, 5.74) is 2.94. The Morgan fingerprint density at radius 1 is 1.33 bits per heavy atom. The van der Waals surface area contributed by atoms with E-state index >= 15 is 0 Å². The summed E-state index contributed by atoms with van der Waals surface area (Å²) in [6, 6.07) is 9.70. The van der Waals surface area contributed by atoms with Gasteiger partial charge in [-0.05, 0) is 44.5 Å². The molecule has 1 aromatic carbocycles. The summed E-state index contributed by atoms with van der Waals surface area (Å²) in [4.78, 5) is 17.3. The van der Waals surface area contributed by atoms with E-state index in [2.05, 4.69) is 42.3 Å². The minimum absolute atomic E-state index is 0.0881. The average molecular weight is 321 g/mol. The van der Waals surface area contributed by atoms with E-state index in [-0.39, 0.29) is 11.2 Å². The second-order valence-electron chi connectivity index (χ2n) is 4.86. The van der Waals surface area contributed by atoms with Crippen LogP contribution in [0.15, 0.2) is 41.4 Å². The van der Waals surface area contributed by atoms with Gasteiger partial charge in [-0.15, -0.1) is 11.8 Å². The second kappa shape index (κ2) is 6.96. The molecule has 0 aliphatic heterocycles. The number of nitrogens with one attached hydrogen (secondary N) is 1. The first-order valence-electron chi connectivity index (χ1n) is 6.62. The normalized spacial score (nSPS) is 12.0. The lowest BCUT2D eigenvalue weighted by molar-refractivity contribution is -0.115. The zero-order valence-corrected chi connectivity index (χ0v) is 13.8. The molecular formula is C16H17ClN2OS. The van der Waals surface area contributed by atoms with Crippen molar-refractivity contribution in [3.63, 3.8) is 0 Å². The standard InChI is InChI=1S/C16H17ClN2OS/c1-10-6-7-14(11(2)9-10)21-12(3)16(20)19-13-5-4-8-18-15(13)17/h4-9,12H,1-3H3,(H,19,20). The van der Waals surface area contributed by atoms with E-state index in [0.717, 1.165) is 4.90 Å². The molecule has 1 heterocycles. The lowest BCUT2D eigenvalue weighted by Gasteiger charge is -2.14. The van der Waals surface area contributed by atoms with Gasteiger partial charge in [-0.2, -0.15) is 0 Å². The lowest BCUT2D eigenvalue weighted by atomic mass is 10.2. The van der Waals surface area contributed by atoms with E-state index in [9.17, 15) is 4.79 Å². The molecule has 1 atom stereocenters. The number of hydrogen-bond donors (Lipinski definition) is 1. The van der Waals surface area contributed by atoms with E-state index in [0.29, 0.717) is 10.8 Å². The third kappa shape index (κ3) is 4.22. The molecule has 0 aliphatic rings. The van der Waals surface area contributed by atoms with Gasteiger partial charge < -0.3 is 5.32 Å². The Kier molecular flexibility index (Phi) is 5.26. The Morgan fingerprint density at radius 2 is 2.10 bits per heavy atom. The van der Waals surface area contributed by atoms with Crippen LogP contribution in [0.5, 0.6) is 0 Å². The quantitative estimate of drug-likeness (QED) is 0.667. The Morgan fingerprint density at radius 3 is 2.76 bits per heavy atom. The van der Waals surface area contributed by atoms with E-state index in [1.807, 2.05) is 6.92 Å². The third-order valence-electron chi connectivity index (χ3n) is 3.02. The number of nitrogens with zero attached hydrogens (tertiary/aromatic N) is 1. The number of thioether (sulfide) groups is 1. The topological polar surface area (TPSA) is 42.0 Å². The molecule has 0 radical (unpaired) electrons. The van der Waals surface area contributed by atoms with Gasteiger partial charge in [0.2, 0.25) is 5.91 Å². The summed E-state index contributed by atoms with van der Waals surface area (Å²) >= 11 is 7.48. The first-order chi connectivity index (χ1) is 9.97. The number of anilines is 1. The van der Waals surface area contributed by atoms with Crippen molar-refractivity contribution in [2.24, 2.45) is 0 Å². The Labute approximate surface area is 134 Å². The van der Waals surface area contributed by atoms with Gasteiger partial charge in [-0.1, -0.05) is 29.3 Å². The fraction of sp³-hybridized carbons (Fsp3) is 0.250. The predicted octanol–water partition coefficient (Wildman–Crippen LogP) is 4.47. The van der Waals surface area contributed by atoms with Crippen molar-refractivity contribution >= 4 is 35.0 Å². The molecule has 2 aromatic rings. The minimum Gasteiger partial charge on any atom is -0.322 e. The molecule has 3 nitrogen and oxygen atoms in total.